The van der Waals surface area contributed by atoms with Crippen LogP contribution in [0.1, 0.15) is 11.6 Å². The Hall–Kier alpha value is -1.31. The van der Waals surface area contributed by atoms with E-state index < -0.39 is 41.4 Å². The first-order valence-corrected chi connectivity index (χ1v) is 4.69. The molecule has 0 aliphatic carbocycles. The third-order valence-corrected chi connectivity index (χ3v) is 2.30. The zero-order chi connectivity index (χ0) is 14.1. The molecule has 1 atom stereocenters. The molecule has 0 fully saturated rings. The summed E-state index contributed by atoms with van der Waals surface area (Å²) in [6.45, 7) is 0. The molecule has 1 N–H and O–H groups in total. The Kier molecular flexibility index (Phi) is 4.20. The minimum atomic E-state index is -4.70. The van der Waals surface area contributed by atoms with Crippen molar-refractivity contribution in [3.8, 4) is 0 Å². The highest BCUT2D eigenvalue weighted by atomic mass is 19.3. The molecule has 0 spiro atoms. The average Bonchev–Trinajstić information content (AvgIpc) is 2.22. The third kappa shape index (κ3) is 2.58. The van der Waals surface area contributed by atoms with Crippen LogP contribution in [-0.2, 0) is 0 Å². The van der Waals surface area contributed by atoms with Crippen LogP contribution in [0.15, 0.2) is 12.1 Å². The van der Waals surface area contributed by atoms with Gasteiger partial charge in [-0.3, -0.25) is 0 Å². The highest BCUT2D eigenvalue weighted by Crippen LogP contribution is 2.38. The van der Waals surface area contributed by atoms with E-state index in [-0.39, 0.29) is 12.1 Å². The third-order valence-electron chi connectivity index (χ3n) is 2.30. The number of hydrogen-bond acceptors (Lipinski definition) is 1. The van der Waals surface area contributed by atoms with Gasteiger partial charge in [-0.1, -0.05) is 0 Å². The Morgan fingerprint density at radius 2 is 1.50 bits per heavy atom. The van der Waals surface area contributed by atoms with Crippen molar-refractivity contribution in [2.45, 2.75) is 18.4 Å². The van der Waals surface area contributed by atoms with E-state index in [9.17, 15) is 30.7 Å². The molecule has 18 heavy (non-hydrogen) atoms. The predicted molar refractivity (Wildman–Crippen MR) is 49.1 cm³/mol. The number of rotatable bonds is 4. The zero-order valence-electron chi connectivity index (χ0n) is 8.96. The molecule has 0 saturated heterocycles. The average molecular weight is 275 g/mol. The Balaban J connectivity index is 3.34. The SMILES string of the molecule is CNC(c1c(F)cc(F)cc1F)C(F)(F)C(F)F. The van der Waals surface area contributed by atoms with Gasteiger partial charge in [0.2, 0.25) is 0 Å². The topological polar surface area (TPSA) is 12.0 Å². The van der Waals surface area contributed by atoms with Gasteiger partial charge >= 0.3 is 12.3 Å². The lowest BCUT2D eigenvalue weighted by atomic mass is 9.99. The Morgan fingerprint density at radius 3 is 1.83 bits per heavy atom. The quantitative estimate of drug-likeness (QED) is 0.832. The van der Waals surface area contributed by atoms with Gasteiger partial charge in [-0.05, 0) is 7.05 Å². The van der Waals surface area contributed by atoms with Gasteiger partial charge in [0, 0.05) is 17.7 Å². The molecule has 1 aromatic carbocycles. The van der Waals surface area contributed by atoms with Crippen molar-refractivity contribution < 1.29 is 30.7 Å². The predicted octanol–water partition coefficient (Wildman–Crippen LogP) is 3.26. The van der Waals surface area contributed by atoms with E-state index in [2.05, 4.69) is 0 Å². The molecule has 0 heterocycles. The Labute approximate surface area is 97.6 Å². The van der Waals surface area contributed by atoms with Gasteiger partial charge in [-0.25, -0.2) is 22.0 Å². The van der Waals surface area contributed by atoms with Crippen molar-refractivity contribution >= 4 is 0 Å². The van der Waals surface area contributed by atoms with Crippen LogP contribution in [0.25, 0.3) is 0 Å². The highest BCUT2D eigenvalue weighted by Gasteiger charge is 2.50. The lowest BCUT2D eigenvalue weighted by Crippen LogP contribution is -2.42. The Morgan fingerprint density at radius 1 is 1.06 bits per heavy atom. The Bertz CT molecular complexity index is 409. The maximum atomic E-state index is 13.2. The summed E-state index contributed by atoms with van der Waals surface area (Å²) in [4.78, 5) is 0. The molecule has 102 valence electrons. The lowest BCUT2D eigenvalue weighted by molar-refractivity contribution is -0.151. The zero-order valence-corrected chi connectivity index (χ0v) is 8.96. The minimum Gasteiger partial charge on any atom is -0.308 e. The molecule has 0 radical (unpaired) electrons. The molecule has 1 aromatic rings. The molecule has 0 aromatic heterocycles. The maximum absolute atomic E-state index is 13.2. The maximum Gasteiger partial charge on any atom is 0.326 e. The van der Waals surface area contributed by atoms with E-state index in [1.807, 2.05) is 0 Å². The van der Waals surface area contributed by atoms with Gasteiger partial charge in [-0.15, -0.1) is 0 Å². The normalized spacial score (nSPS) is 14.1. The molecule has 0 aliphatic rings. The summed E-state index contributed by atoms with van der Waals surface area (Å²) >= 11 is 0. The van der Waals surface area contributed by atoms with E-state index in [0.29, 0.717) is 0 Å². The van der Waals surface area contributed by atoms with Crippen molar-refractivity contribution in [3.63, 3.8) is 0 Å². The fourth-order valence-electron chi connectivity index (χ4n) is 1.48. The van der Waals surface area contributed by atoms with Gasteiger partial charge in [-0.2, -0.15) is 8.78 Å². The number of alkyl halides is 4. The van der Waals surface area contributed by atoms with Crippen LogP contribution in [0.3, 0.4) is 0 Å². The van der Waals surface area contributed by atoms with Crippen molar-refractivity contribution in [2.24, 2.45) is 0 Å². The van der Waals surface area contributed by atoms with E-state index in [1.165, 1.54) is 0 Å². The van der Waals surface area contributed by atoms with Crippen LogP contribution in [0, 0.1) is 17.5 Å². The van der Waals surface area contributed by atoms with Crippen molar-refractivity contribution in [1.29, 1.82) is 0 Å². The van der Waals surface area contributed by atoms with Gasteiger partial charge in [0.25, 0.3) is 0 Å². The van der Waals surface area contributed by atoms with Crippen LogP contribution in [0.2, 0.25) is 0 Å². The molecular weight excluding hydrogens is 267 g/mol. The summed E-state index contributed by atoms with van der Waals surface area (Å²) in [7, 11) is 0.837. The largest absolute Gasteiger partial charge is 0.326 e. The first kappa shape index (κ1) is 14.7. The second-order valence-corrected chi connectivity index (χ2v) is 3.48. The molecule has 0 bridgehead atoms. The molecule has 0 aliphatic heterocycles. The van der Waals surface area contributed by atoms with Gasteiger partial charge in [0.05, 0.1) is 0 Å². The van der Waals surface area contributed by atoms with Crippen molar-refractivity contribution in [2.75, 3.05) is 7.05 Å². The van der Waals surface area contributed by atoms with E-state index >= 15 is 0 Å². The van der Waals surface area contributed by atoms with Crippen LogP contribution >= 0.6 is 0 Å². The summed E-state index contributed by atoms with van der Waals surface area (Å²) < 4.78 is 89.7. The lowest BCUT2D eigenvalue weighted by Gasteiger charge is -2.26. The van der Waals surface area contributed by atoms with Crippen LogP contribution in [0.4, 0.5) is 30.7 Å². The van der Waals surface area contributed by atoms with E-state index in [1.54, 1.807) is 5.32 Å². The summed E-state index contributed by atoms with van der Waals surface area (Å²) in [5.41, 5.74) is -1.33. The molecule has 8 heteroatoms. The van der Waals surface area contributed by atoms with Crippen LogP contribution in [0.5, 0.6) is 0 Å². The van der Waals surface area contributed by atoms with Gasteiger partial charge in [0.15, 0.2) is 0 Å². The summed E-state index contributed by atoms with van der Waals surface area (Å²) in [5.74, 6) is -9.35. The highest BCUT2D eigenvalue weighted by molar-refractivity contribution is 5.26. The van der Waals surface area contributed by atoms with Crippen LogP contribution < -0.4 is 5.32 Å². The number of hydrogen-bond donors (Lipinski definition) is 1. The van der Waals surface area contributed by atoms with Crippen molar-refractivity contribution in [1.82, 2.24) is 5.32 Å². The molecule has 1 nitrogen and oxygen atoms in total. The van der Waals surface area contributed by atoms with Crippen molar-refractivity contribution in [3.05, 3.63) is 35.1 Å². The standard InChI is InChI=1S/C10H8F7N/c1-18-8(10(16,17)9(14)15)7-5(12)2-4(11)3-6(7)13/h2-3,8-9,18H,1H3. The molecule has 1 unspecified atom stereocenters. The second kappa shape index (κ2) is 5.13. The first-order chi connectivity index (χ1) is 8.21. The number of halogens is 7. The molecule has 1 rings (SSSR count). The van der Waals surface area contributed by atoms with E-state index in [4.69, 9.17) is 0 Å². The summed E-state index contributed by atoms with van der Waals surface area (Å²) in [5, 5.41) is 1.71. The molecular formula is C10H8F7N. The first-order valence-electron chi connectivity index (χ1n) is 4.69. The molecule has 0 amide bonds. The van der Waals surface area contributed by atoms with E-state index in [0.717, 1.165) is 7.05 Å². The second-order valence-electron chi connectivity index (χ2n) is 3.48. The minimum absolute atomic E-state index is 0.143. The smallest absolute Gasteiger partial charge is 0.308 e. The number of benzene rings is 1. The molecule has 0 saturated carbocycles. The number of nitrogens with one attached hydrogen (secondary N) is 1. The summed E-state index contributed by atoms with van der Waals surface area (Å²) in [6.07, 6.45) is -4.13. The van der Waals surface area contributed by atoms with Gasteiger partial charge in [0.1, 0.15) is 23.5 Å². The van der Waals surface area contributed by atoms with Crippen LogP contribution in [-0.4, -0.2) is 19.4 Å². The fourth-order valence-corrected chi connectivity index (χ4v) is 1.48. The monoisotopic (exact) mass is 275 g/mol. The van der Waals surface area contributed by atoms with Gasteiger partial charge < -0.3 is 5.32 Å². The summed E-state index contributed by atoms with van der Waals surface area (Å²) in [6, 6.07) is -2.31. The fraction of sp³-hybridized carbons (Fsp3) is 0.400.